The Morgan fingerprint density at radius 3 is 2.70 bits per heavy atom. The van der Waals surface area contributed by atoms with Crippen molar-refractivity contribution in [2.24, 2.45) is 0 Å². The molecule has 0 unspecified atom stereocenters. The number of carbonyl (C=O) groups is 1. The maximum atomic E-state index is 13.7. The van der Waals surface area contributed by atoms with Crippen molar-refractivity contribution in [3.8, 4) is 0 Å². The summed E-state index contributed by atoms with van der Waals surface area (Å²) in [4.78, 5) is 14.6. The Balaban J connectivity index is 1.58. The summed E-state index contributed by atoms with van der Waals surface area (Å²) in [6.07, 6.45) is 0.704. The van der Waals surface area contributed by atoms with Crippen molar-refractivity contribution in [3.63, 3.8) is 0 Å². The van der Waals surface area contributed by atoms with E-state index in [0.29, 0.717) is 25.1 Å². The number of carbonyl (C=O) groups excluding carboxylic acids is 1. The normalized spacial score (nSPS) is 16.3. The molecule has 27 heavy (non-hydrogen) atoms. The monoisotopic (exact) mass is 364 g/mol. The number of rotatable bonds is 3. The van der Waals surface area contributed by atoms with Crippen LogP contribution in [-0.2, 0) is 13.0 Å². The fraction of sp³-hybridized carbons (Fsp3) is 0.286. The quantitative estimate of drug-likeness (QED) is 0.714. The zero-order valence-corrected chi connectivity index (χ0v) is 15.4. The molecule has 0 radical (unpaired) electrons. The second-order valence-electron chi connectivity index (χ2n) is 7.12. The van der Waals surface area contributed by atoms with Gasteiger partial charge in [-0.3, -0.25) is 4.79 Å². The van der Waals surface area contributed by atoms with Crippen LogP contribution in [0.3, 0.4) is 0 Å². The largest absolute Gasteiger partial charge is 0.329 e. The van der Waals surface area contributed by atoms with E-state index in [-0.39, 0.29) is 11.9 Å². The van der Waals surface area contributed by atoms with Crippen LogP contribution in [0.15, 0.2) is 48.5 Å². The number of benzene rings is 2. The SMILES string of the molecule is Cc1cc(F)cc(C(=O)N2Cc3nnc(Cc4ccccc4)n3[C@@H](C)C2)c1. The van der Waals surface area contributed by atoms with E-state index >= 15 is 0 Å². The summed E-state index contributed by atoms with van der Waals surface area (Å²) in [7, 11) is 0. The Bertz CT molecular complexity index is 963. The molecule has 1 amide bonds. The van der Waals surface area contributed by atoms with Crippen molar-refractivity contribution < 1.29 is 9.18 Å². The van der Waals surface area contributed by atoms with Crippen molar-refractivity contribution in [1.29, 1.82) is 0 Å². The summed E-state index contributed by atoms with van der Waals surface area (Å²) in [5.41, 5.74) is 2.28. The van der Waals surface area contributed by atoms with Crippen LogP contribution in [0.2, 0.25) is 0 Å². The molecule has 1 atom stereocenters. The van der Waals surface area contributed by atoms with Gasteiger partial charge < -0.3 is 9.47 Å². The summed E-state index contributed by atoms with van der Waals surface area (Å²) in [5, 5.41) is 8.66. The second kappa shape index (κ2) is 6.95. The molecule has 2 aromatic carbocycles. The van der Waals surface area contributed by atoms with Gasteiger partial charge in [0.2, 0.25) is 0 Å². The van der Waals surface area contributed by atoms with Crippen LogP contribution < -0.4 is 0 Å². The van der Waals surface area contributed by atoms with E-state index in [1.54, 1.807) is 17.9 Å². The van der Waals surface area contributed by atoms with E-state index in [1.807, 2.05) is 18.2 Å². The molecule has 0 bridgehead atoms. The lowest BCUT2D eigenvalue weighted by Crippen LogP contribution is -2.40. The fourth-order valence-corrected chi connectivity index (χ4v) is 3.71. The molecule has 0 saturated carbocycles. The van der Waals surface area contributed by atoms with Crippen molar-refractivity contribution in [3.05, 3.63) is 82.7 Å². The van der Waals surface area contributed by atoms with E-state index in [9.17, 15) is 9.18 Å². The Hall–Kier alpha value is -3.02. The summed E-state index contributed by atoms with van der Waals surface area (Å²) in [6.45, 7) is 4.75. The first-order chi connectivity index (χ1) is 13.0. The minimum atomic E-state index is -0.392. The van der Waals surface area contributed by atoms with Gasteiger partial charge in [-0.2, -0.15) is 0 Å². The Morgan fingerprint density at radius 2 is 1.96 bits per heavy atom. The van der Waals surface area contributed by atoms with Crippen molar-refractivity contribution in [2.45, 2.75) is 32.9 Å². The topological polar surface area (TPSA) is 51.0 Å². The van der Waals surface area contributed by atoms with Crippen LogP contribution in [0.4, 0.5) is 4.39 Å². The molecule has 6 heteroatoms. The smallest absolute Gasteiger partial charge is 0.254 e. The van der Waals surface area contributed by atoms with Crippen molar-refractivity contribution in [1.82, 2.24) is 19.7 Å². The first-order valence-electron chi connectivity index (χ1n) is 9.04. The highest BCUT2D eigenvalue weighted by molar-refractivity contribution is 5.94. The van der Waals surface area contributed by atoms with Gasteiger partial charge in [0.05, 0.1) is 12.6 Å². The molecule has 0 aliphatic carbocycles. The van der Waals surface area contributed by atoms with E-state index in [1.165, 1.54) is 17.7 Å². The van der Waals surface area contributed by atoms with Gasteiger partial charge in [0.15, 0.2) is 5.82 Å². The average Bonchev–Trinajstić information content (AvgIpc) is 3.04. The van der Waals surface area contributed by atoms with Gasteiger partial charge >= 0.3 is 0 Å². The molecule has 1 aromatic heterocycles. The lowest BCUT2D eigenvalue weighted by atomic mass is 10.1. The molecular formula is C21H21FN4O. The number of aryl methyl sites for hydroxylation is 1. The standard InChI is InChI=1S/C21H21FN4O/c1-14-8-17(11-18(22)9-14)21(27)25-12-15(2)26-19(23-24-20(26)13-25)10-16-6-4-3-5-7-16/h3-9,11,15H,10,12-13H2,1-2H3/t15-/m0/s1. The third-order valence-electron chi connectivity index (χ3n) is 4.88. The minimum Gasteiger partial charge on any atom is -0.329 e. The van der Waals surface area contributed by atoms with Crippen molar-refractivity contribution in [2.75, 3.05) is 6.54 Å². The highest BCUT2D eigenvalue weighted by Gasteiger charge is 2.29. The van der Waals surface area contributed by atoms with E-state index in [0.717, 1.165) is 17.2 Å². The molecule has 0 fully saturated rings. The van der Waals surface area contributed by atoms with E-state index in [4.69, 9.17) is 0 Å². The molecule has 4 rings (SSSR count). The number of hydrogen-bond acceptors (Lipinski definition) is 3. The number of nitrogens with zero attached hydrogens (tertiary/aromatic N) is 4. The zero-order valence-electron chi connectivity index (χ0n) is 15.4. The number of aromatic nitrogens is 3. The van der Waals surface area contributed by atoms with Gasteiger partial charge in [0.25, 0.3) is 5.91 Å². The Kier molecular flexibility index (Phi) is 4.48. The summed E-state index contributed by atoms with van der Waals surface area (Å²) < 4.78 is 15.8. The average molecular weight is 364 g/mol. The summed E-state index contributed by atoms with van der Waals surface area (Å²) in [5.74, 6) is 1.10. The van der Waals surface area contributed by atoms with E-state index < -0.39 is 5.82 Å². The molecule has 0 saturated heterocycles. The lowest BCUT2D eigenvalue weighted by Gasteiger charge is -2.32. The maximum absolute atomic E-state index is 13.7. The molecule has 0 spiro atoms. The Morgan fingerprint density at radius 1 is 1.19 bits per heavy atom. The first-order valence-corrected chi connectivity index (χ1v) is 9.04. The first kappa shape index (κ1) is 17.4. The lowest BCUT2D eigenvalue weighted by molar-refractivity contribution is 0.0679. The third kappa shape index (κ3) is 3.47. The Labute approximate surface area is 157 Å². The number of fused-ring (bicyclic) bond motifs is 1. The van der Waals surface area contributed by atoms with Crippen LogP contribution in [0.1, 0.15) is 46.1 Å². The van der Waals surface area contributed by atoms with Gasteiger partial charge in [-0.1, -0.05) is 30.3 Å². The van der Waals surface area contributed by atoms with Gasteiger partial charge in [0.1, 0.15) is 11.6 Å². The predicted molar refractivity (Wildman–Crippen MR) is 99.9 cm³/mol. The molecule has 2 heterocycles. The van der Waals surface area contributed by atoms with Gasteiger partial charge in [-0.25, -0.2) is 4.39 Å². The van der Waals surface area contributed by atoms with Crippen LogP contribution in [0.5, 0.6) is 0 Å². The molecule has 138 valence electrons. The molecule has 0 N–H and O–H groups in total. The molecule has 1 aliphatic rings. The zero-order chi connectivity index (χ0) is 19.0. The number of halogens is 1. The molecule has 1 aliphatic heterocycles. The van der Waals surface area contributed by atoms with E-state index in [2.05, 4.69) is 33.8 Å². The minimum absolute atomic E-state index is 0.0565. The third-order valence-corrected chi connectivity index (χ3v) is 4.88. The highest BCUT2D eigenvalue weighted by atomic mass is 19.1. The van der Waals surface area contributed by atoms with Gasteiger partial charge in [-0.15, -0.1) is 10.2 Å². The summed E-state index contributed by atoms with van der Waals surface area (Å²) >= 11 is 0. The molecular weight excluding hydrogens is 343 g/mol. The van der Waals surface area contributed by atoms with Crippen LogP contribution in [0, 0.1) is 12.7 Å². The van der Waals surface area contributed by atoms with Crippen LogP contribution in [0.25, 0.3) is 0 Å². The second-order valence-corrected chi connectivity index (χ2v) is 7.12. The van der Waals surface area contributed by atoms with Gasteiger partial charge in [0, 0.05) is 18.5 Å². The summed E-state index contributed by atoms with van der Waals surface area (Å²) in [6, 6.07) is 14.6. The number of hydrogen-bond donors (Lipinski definition) is 0. The van der Waals surface area contributed by atoms with Crippen molar-refractivity contribution >= 4 is 5.91 Å². The highest BCUT2D eigenvalue weighted by Crippen LogP contribution is 2.24. The van der Waals surface area contributed by atoms with Crippen LogP contribution >= 0.6 is 0 Å². The number of amides is 1. The fourth-order valence-electron chi connectivity index (χ4n) is 3.71. The predicted octanol–water partition coefficient (Wildman–Crippen LogP) is 3.53. The molecule has 3 aromatic rings. The van der Waals surface area contributed by atoms with Crippen LogP contribution in [-0.4, -0.2) is 32.1 Å². The van der Waals surface area contributed by atoms with Gasteiger partial charge in [-0.05, 0) is 43.2 Å². The molecule has 5 nitrogen and oxygen atoms in total. The maximum Gasteiger partial charge on any atom is 0.254 e.